The molecule has 0 N–H and O–H groups in total. The second-order valence-corrected chi connectivity index (χ2v) is 4.97. The lowest BCUT2D eigenvalue weighted by molar-refractivity contribution is 1.65. The Morgan fingerprint density at radius 3 is 2.25 bits per heavy atom. The van der Waals surface area contributed by atoms with Crippen LogP contribution in [0.4, 0.5) is 0 Å². The van der Waals surface area contributed by atoms with Crippen LogP contribution in [0.2, 0.25) is 0 Å². The van der Waals surface area contributed by atoms with E-state index in [2.05, 4.69) is 72.8 Å². The van der Waals surface area contributed by atoms with Crippen molar-refractivity contribution in [3.63, 3.8) is 0 Å². The van der Waals surface area contributed by atoms with Crippen molar-refractivity contribution < 1.29 is 0 Å². The van der Waals surface area contributed by atoms with Crippen molar-refractivity contribution >= 4 is 21.5 Å². The van der Waals surface area contributed by atoms with Crippen molar-refractivity contribution in [3.05, 3.63) is 84.9 Å². The third-order valence-electron chi connectivity index (χ3n) is 3.78. The second-order valence-electron chi connectivity index (χ2n) is 4.97. The van der Waals surface area contributed by atoms with Gasteiger partial charge in [-0.1, -0.05) is 78.9 Å². The van der Waals surface area contributed by atoms with E-state index in [9.17, 15) is 0 Å². The van der Waals surface area contributed by atoms with Gasteiger partial charge in [0.1, 0.15) is 0 Å². The zero-order valence-electron chi connectivity index (χ0n) is 11.0. The summed E-state index contributed by atoms with van der Waals surface area (Å²) < 4.78 is 0. The van der Waals surface area contributed by atoms with Crippen LogP contribution in [0.5, 0.6) is 0 Å². The lowest BCUT2D eigenvalue weighted by atomic mass is 9.95. The van der Waals surface area contributed by atoms with Gasteiger partial charge in [0, 0.05) is 0 Å². The fourth-order valence-electron chi connectivity index (χ4n) is 2.82. The van der Waals surface area contributed by atoms with E-state index in [4.69, 9.17) is 0 Å². The summed E-state index contributed by atoms with van der Waals surface area (Å²) in [4.78, 5) is 0. The molecule has 0 bridgehead atoms. The number of rotatable bonds is 1. The van der Waals surface area contributed by atoms with E-state index < -0.39 is 0 Å². The molecular weight excluding hydrogens is 240 g/mol. The van der Waals surface area contributed by atoms with E-state index in [1.807, 2.05) is 12.1 Å². The van der Waals surface area contributed by atoms with Crippen LogP contribution in [0, 0.1) is 6.07 Å². The molecule has 4 rings (SSSR count). The molecule has 0 saturated carbocycles. The third kappa shape index (κ3) is 1.70. The molecule has 4 aromatic carbocycles. The summed E-state index contributed by atoms with van der Waals surface area (Å²) >= 11 is 0. The summed E-state index contributed by atoms with van der Waals surface area (Å²) in [5.41, 5.74) is 2.39. The van der Waals surface area contributed by atoms with Gasteiger partial charge in [0.15, 0.2) is 0 Å². The largest absolute Gasteiger partial charge is 0.0622 e. The van der Waals surface area contributed by atoms with Gasteiger partial charge in [-0.3, -0.25) is 0 Å². The average molecular weight is 253 g/mol. The Morgan fingerprint density at radius 1 is 0.550 bits per heavy atom. The van der Waals surface area contributed by atoms with Crippen molar-refractivity contribution in [2.75, 3.05) is 0 Å². The molecule has 0 atom stereocenters. The van der Waals surface area contributed by atoms with Crippen molar-refractivity contribution in [1.29, 1.82) is 0 Å². The molecular formula is C20H13. The van der Waals surface area contributed by atoms with Crippen molar-refractivity contribution in [3.8, 4) is 11.1 Å². The summed E-state index contributed by atoms with van der Waals surface area (Å²) in [5.74, 6) is 0. The molecule has 4 aromatic rings. The summed E-state index contributed by atoms with van der Waals surface area (Å²) in [6.45, 7) is 0. The lowest BCUT2D eigenvalue weighted by Gasteiger charge is -2.09. The van der Waals surface area contributed by atoms with E-state index in [-0.39, 0.29) is 0 Å². The van der Waals surface area contributed by atoms with E-state index in [0.29, 0.717) is 0 Å². The Bertz CT molecular complexity index is 889. The number of benzene rings is 4. The molecule has 0 heterocycles. The highest BCUT2D eigenvalue weighted by atomic mass is 14.1. The van der Waals surface area contributed by atoms with Gasteiger partial charge in [-0.05, 0) is 38.7 Å². The first-order valence-corrected chi connectivity index (χ1v) is 6.81. The fourth-order valence-corrected chi connectivity index (χ4v) is 2.82. The molecule has 0 saturated heterocycles. The fraction of sp³-hybridized carbons (Fsp3) is 0. The van der Waals surface area contributed by atoms with Crippen LogP contribution in [0.25, 0.3) is 32.7 Å². The molecule has 0 aromatic heterocycles. The highest BCUT2D eigenvalue weighted by molar-refractivity contribution is 6.11. The SMILES string of the molecule is [c]1ccc2c(ccc3ccccc32)c1-c1ccccc1. The monoisotopic (exact) mass is 253 g/mol. The zero-order chi connectivity index (χ0) is 13.4. The van der Waals surface area contributed by atoms with Gasteiger partial charge in [0.05, 0.1) is 0 Å². The molecule has 0 aliphatic rings. The van der Waals surface area contributed by atoms with Gasteiger partial charge in [-0.25, -0.2) is 0 Å². The van der Waals surface area contributed by atoms with Crippen molar-refractivity contribution in [2.45, 2.75) is 0 Å². The summed E-state index contributed by atoms with van der Waals surface area (Å²) in [6.07, 6.45) is 0. The molecule has 20 heavy (non-hydrogen) atoms. The Labute approximate surface area is 118 Å². The maximum atomic E-state index is 3.39. The van der Waals surface area contributed by atoms with Crippen LogP contribution in [0.15, 0.2) is 78.9 Å². The zero-order valence-corrected chi connectivity index (χ0v) is 11.0. The van der Waals surface area contributed by atoms with Gasteiger partial charge >= 0.3 is 0 Å². The molecule has 0 nitrogen and oxygen atoms in total. The van der Waals surface area contributed by atoms with Gasteiger partial charge < -0.3 is 0 Å². The smallest absolute Gasteiger partial charge is 0.00264 e. The maximum Gasteiger partial charge on any atom is -0.00264 e. The normalized spacial score (nSPS) is 11.0. The Morgan fingerprint density at radius 2 is 1.35 bits per heavy atom. The molecule has 1 radical (unpaired) electrons. The van der Waals surface area contributed by atoms with E-state index >= 15 is 0 Å². The predicted octanol–water partition coefficient (Wildman–Crippen LogP) is 5.46. The Balaban J connectivity index is 2.12. The molecule has 0 aliphatic carbocycles. The number of hydrogen-bond acceptors (Lipinski definition) is 0. The quantitative estimate of drug-likeness (QED) is 0.395. The molecule has 0 amide bonds. The first kappa shape index (κ1) is 11.2. The molecule has 0 unspecified atom stereocenters. The molecule has 0 heteroatoms. The van der Waals surface area contributed by atoms with Crippen LogP contribution in [0.1, 0.15) is 0 Å². The highest BCUT2D eigenvalue weighted by Gasteiger charge is 2.06. The predicted molar refractivity (Wildman–Crippen MR) is 85.7 cm³/mol. The molecule has 0 spiro atoms. The number of hydrogen-bond donors (Lipinski definition) is 0. The van der Waals surface area contributed by atoms with Crippen molar-refractivity contribution in [2.24, 2.45) is 0 Å². The van der Waals surface area contributed by atoms with Gasteiger partial charge in [-0.2, -0.15) is 0 Å². The minimum Gasteiger partial charge on any atom is -0.0622 e. The van der Waals surface area contributed by atoms with Crippen LogP contribution in [-0.2, 0) is 0 Å². The highest BCUT2D eigenvalue weighted by Crippen LogP contribution is 2.32. The standard InChI is InChI=1S/C20H13/c1-2-7-15(8-3-1)18-11-6-12-19-17-10-5-4-9-16(17)13-14-20(18)19/h1-10,12-14H. The summed E-state index contributed by atoms with van der Waals surface area (Å²) in [6, 6.07) is 31.0. The first-order chi connectivity index (χ1) is 9.93. The molecule has 93 valence electrons. The average Bonchev–Trinajstić information content (AvgIpc) is 2.55. The minimum atomic E-state index is 1.17. The summed E-state index contributed by atoms with van der Waals surface area (Å²) in [7, 11) is 0. The van der Waals surface area contributed by atoms with Crippen LogP contribution in [-0.4, -0.2) is 0 Å². The van der Waals surface area contributed by atoms with E-state index in [1.54, 1.807) is 0 Å². The number of fused-ring (bicyclic) bond motifs is 3. The maximum absolute atomic E-state index is 3.39. The Kier molecular flexibility index (Phi) is 2.53. The minimum absolute atomic E-state index is 1.17. The molecule has 0 aliphatic heterocycles. The van der Waals surface area contributed by atoms with Crippen molar-refractivity contribution in [1.82, 2.24) is 0 Å². The van der Waals surface area contributed by atoms with Crippen LogP contribution >= 0.6 is 0 Å². The lowest BCUT2D eigenvalue weighted by Crippen LogP contribution is -1.83. The van der Waals surface area contributed by atoms with Crippen LogP contribution < -0.4 is 0 Å². The summed E-state index contributed by atoms with van der Waals surface area (Å²) in [5, 5.41) is 5.14. The van der Waals surface area contributed by atoms with Gasteiger partial charge in [-0.15, -0.1) is 0 Å². The van der Waals surface area contributed by atoms with E-state index in [0.717, 1.165) is 0 Å². The van der Waals surface area contributed by atoms with Gasteiger partial charge in [0.2, 0.25) is 0 Å². The first-order valence-electron chi connectivity index (χ1n) is 6.81. The third-order valence-corrected chi connectivity index (χ3v) is 3.78. The molecule has 0 fully saturated rings. The topological polar surface area (TPSA) is 0 Å². The Hall–Kier alpha value is -2.60. The van der Waals surface area contributed by atoms with Gasteiger partial charge in [0.25, 0.3) is 0 Å². The second kappa shape index (κ2) is 4.50. The van der Waals surface area contributed by atoms with E-state index in [1.165, 1.54) is 32.7 Å². The van der Waals surface area contributed by atoms with Crippen LogP contribution in [0.3, 0.4) is 0 Å².